The number of hydrogen-bond acceptors (Lipinski definition) is 7. The van der Waals surface area contributed by atoms with E-state index in [-0.39, 0.29) is 24.1 Å². The molecule has 3 aliphatic rings. The average Bonchev–Trinajstić information content (AvgIpc) is 3.21. The van der Waals surface area contributed by atoms with Crippen molar-refractivity contribution >= 4 is 17.9 Å². The molecule has 1 saturated carbocycles. The van der Waals surface area contributed by atoms with Gasteiger partial charge in [0.05, 0.1) is 12.1 Å². The third kappa shape index (κ3) is 5.43. The van der Waals surface area contributed by atoms with Gasteiger partial charge in [-0.3, -0.25) is 14.7 Å². The summed E-state index contributed by atoms with van der Waals surface area (Å²) in [6.07, 6.45) is 5.54. The summed E-state index contributed by atoms with van der Waals surface area (Å²) in [5.41, 5.74) is 2.53. The first-order valence-corrected chi connectivity index (χ1v) is 13.1. The van der Waals surface area contributed by atoms with Gasteiger partial charge in [-0.15, -0.1) is 0 Å². The van der Waals surface area contributed by atoms with E-state index in [1.54, 1.807) is 17.2 Å². The zero-order chi connectivity index (χ0) is 24.4. The first kappa shape index (κ1) is 24.0. The van der Waals surface area contributed by atoms with Gasteiger partial charge >= 0.3 is 6.09 Å². The van der Waals surface area contributed by atoms with Gasteiger partial charge in [0, 0.05) is 45.0 Å². The predicted octanol–water partition coefficient (Wildman–Crippen LogP) is 4.30. The molecule has 8 heteroatoms. The third-order valence-corrected chi connectivity index (χ3v) is 7.79. The van der Waals surface area contributed by atoms with Crippen LogP contribution in [-0.4, -0.2) is 70.7 Å². The Morgan fingerprint density at radius 3 is 2.46 bits per heavy atom. The van der Waals surface area contributed by atoms with Crippen LogP contribution in [0.15, 0.2) is 36.5 Å². The van der Waals surface area contributed by atoms with E-state index in [4.69, 9.17) is 4.74 Å². The predicted molar refractivity (Wildman–Crippen MR) is 137 cm³/mol. The highest BCUT2D eigenvalue weighted by atomic mass is 16.6. The summed E-state index contributed by atoms with van der Waals surface area (Å²) >= 11 is 0. The van der Waals surface area contributed by atoms with Crippen LogP contribution in [-0.2, 0) is 11.3 Å². The molecule has 3 heterocycles. The minimum Gasteiger partial charge on any atom is -0.447 e. The molecule has 2 aromatic rings. The lowest BCUT2D eigenvalue weighted by Crippen LogP contribution is -2.51. The quantitative estimate of drug-likeness (QED) is 0.606. The Morgan fingerprint density at radius 1 is 1.06 bits per heavy atom. The van der Waals surface area contributed by atoms with Crippen LogP contribution in [0.1, 0.15) is 57.2 Å². The zero-order valence-electron chi connectivity index (χ0n) is 21.2. The van der Waals surface area contributed by atoms with Gasteiger partial charge in [-0.25, -0.2) is 9.78 Å². The van der Waals surface area contributed by atoms with Crippen molar-refractivity contribution in [3.05, 3.63) is 47.7 Å². The van der Waals surface area contributed by atoms with Crippen LogP contribution in [0, 0.1) is 5.92 Å². The summed E-state index contributed by atoms with van der Waals surface area (Å²) in [6, 6.07) is 11.5. The molecule has 1 aliphatic carbocycles. The number of hydrogen-bond donors (Lipinski definition) is 1. The van der Waals surface area contributed by atoms with Crippen molar-refractivity contribution in [3.63, 3.8) is 0 Å². The van der Waals surface area contributed by atoms with Gasteiger partial charge in [-0.2, -0.15) is 4.98 Å². The number of benzene rings is 1. The minimum atomic E-state index is -0.346. The maximum absolute atomic E-state index is 12.3. The fourth-order valence-electron chi connectivity index (χ4n) is 5.23. The Balaban J connectivity index is 1.16. The summed E-state index contributed by atoms with van der Waals surface area (Å²) in [7, 11) is 0. The monoisotopic (exact) mass is 478 g/mol. The lowest BCUT2D eigenvalue weighted by atomic mass is 9.91. The first-order valence-electron chi connectivity index (χ1n) is 13.1. The highest BCUT2D eigenvalue weighted by Crippen LogP contribution is 2.28. The summed E-state index contributed by atoms with van der Waals surface area (Å²) < 4.78 is 5.27. The Hall–Kier alpha value is -2.71. The fraction of sp³-hybridized carbons (Fsp3) is 0.593. The first-order chi connectivity index (χ1) is 17.0. The van der Waals surface area contributed by atoms with Gasteiger partial charge in [0.15, 0.2) is 0 Å². The van der Waals surface area contributed by atoms with Crippen LogP contribution in [0.5, 0.6) is 0 Å². The molecule has 35 heavy (non-hydrogen) atoms. The number of aromatic nitrogens is 2. The molecule has 5 rings (SSSR count). The Kier molecular flexibility index (Phi) is 7.20. The second-order valence-corrected chi connectivity index (χ2v) is 10.5. The molecule has 2 atom stereocenters. The lowest BCUT2D eigenvalue weighted by molar-refractivity contribution is 0.0587. The Morgan fingerprint density at radius 2 is 1.80 bits per heavy atom. The molecule has 3 fully saturated rings. The normalized spacial score (nSPS) is 22.8. The number of nitrogens with one attached hydrogen (secondary N) is 1. The Bertz CT molecular complexity index is 1000. The van der Waals surface area contributed by atoms with Gasteiger partial charge in [0.25, 0.3) is 0 Å². The largest absolute Gasteiger partial charge is 0.447 e. The molecule has 2 aliphatic heterocycles. The number of rotatable bonds is 8. The second-order valence-electron chi connectivity index (χ2n) is 10.5. The van der Waals surface area contributed by atoms with E-state index in [0.29, 0.717) is 18.4 Å². The van der Waals surface area contributed by atoms with Crippen LogP contribution < -0.4 is 10.2 Å². The highest BCUT2D eigenvalue weighted by molar-refractivity contribution is 5.89. The number of carbonyl (C=O) groups is 1. The molecule has 8 nitrogen and oxygen atoms in total. The van der Waals surface area contributed by atoms with Gasteiger partial charge in [-0.05, 0) is 42.9 Å². The molecule has 1 aromatic heterocycles. The molecular formula is C27H38N6O2. The van der Waals surface area contributed by atoms with Crippen molar-refractivity contribution in [1.29, 1.82) is 0 Å². The molecule has 1 N–H and O–H groups in total. The molecular weight excluding hydrogens is 440 g/mol. The van der Waals surface area contributed by atoms with E-state index in [2.05, 4.69) is 70.1 Å². The summed E-state index contributed by atoms with van der Waals surface area (Å²) in [5, 5.41) is 3.39. The van der Waals surface area contributed by atoms with E-state index in [1.807, 2.05) is 0 Å². The average molecular weight is 479 g/mol. The lowest BCUT2D eigenvalue weighted by Gasteiger charge is -2.43. The molecule has 2 unspecified atom stereocenters. The fourth-order valence-corrected chi connectivity index (χ4v) is 5.23. The summed E-state index contributed by atoms with van der Waals surface area (Å²) in [4.78, 5) is 28.2. The summed E-state index contributed by atoms with van der Waals surface area (Å²) in [5.74, 6) is 1.35. The highest BCUT2D eigenvalue weighted by Gasteiger charge is 2.37. The van der Waals surface area contributed by atoms with Crippen molar-refractivity contribution in [2.45, 2.75) is 64.7 Å². The molecule has 0 spiro atoms. The minimum absolute atomic E-state index is 0.0172. The number of piperazine rings is 1. The van der Waals surface area contributed by atoms with Crippen molar-refractivity contribution in [3.8, 4) is 0 Å². The van der Waals surface area contributed by atoms with Crippen molar-refractivity contribution in [1.82, 2.24) is 19.8 Å². The maximum Gasteiger partial charge on any atom is 0.415 e. The summed E-state index contributed by atoms with van der Waals surface area (Å²) in [6.45, 7) is 12.4. The van der Waals surface area contributed by atoms with Crippen molar-refractivity contribution in [2.75, 3.05) is 43.0 Å². The number of anilines is 2. The maximum atomic E-state index is 12.3. The topological polar surface area (TPSA) is 73.8 Å². The zero-order valence-corrected chi connectivity index (χ0v) is 21.2. The molecule has 188 valence electrons. The van der Waals surface area contributed by atoms with E-state index in [1.165, 1.54) is 43.5 Å². The molecule has 1 aromatic carbocycles. The number of nitrogens with zero attached hydrogens (tertiary/aromatic N) is 5. The Labute approximate surface area is 208 Å². The SMILES string of the molecule is CC(Nc1nccc(N2C(=O)OCC2C(C)C)n1)c1ccc(CN2CCN(C3CCC3)CC2)cc1. The van der Waals surface area contributed by atoms with Crippen LogP contribution in [0.4, 0.5) is 16.6 Å². The number of amides is 1. The van der Waals surface area contributed by atoms with E-state index < -0.39 is 0 Å². The molecule has 1 amide bonds. The van der Waals surface area contributed by atoms with Gasteiger partial charge in [0.1, 0.15) is 12.4 Å². The van der Waals surface area contributed by atoms with Gasteiger partial charge in [0.2, 0.25) is 5.95 Å². The number of ether oxygens (including phenoxy) is 1. The van der Waals surface area contributed by atoms with Gasteiger partial charge in [-0.1, -0.05) is 44.5 Å². The van der Waals surface area contributed by atoms with E-state index in [9.17, 15) is 4.79 Å². The third-order valence-electron chi connectivity index (χ3n) is 7.79. The van der Waals surface area contributed by atoms with Gasteiger partial charge < -0.3 is 10.1 Å². The van der Waals surface area contributed by atoms with Crippen LogP contribution in [0.25, 0.3) is 0 Å². The standard InChI is InChI=1S/C27H38N6O2/c1-19(2)24-18-35-27(34)33(24)25-11-12-28-26(30-25)29-20(3)22-9-7-21(8-10-22)17-31-13-15-32(16-14-31)23-5-4-6-23/h7-12,19-20,23-24H,4-6,13-18H2,1-3H3,(H,28,29,30). The molecule has 0 bridgehead atoms. The molecule has 2 saturated heterocycles. The molecule has 0 radical (unpaired) electrons. The van der Waals surface area contributed by atoms with Crippen molar-refractivity contribution < 1.29 is 9.53 Å². The van der Waals surface area contributed by atoms with Crippen LogP contribution in [0.3, 0.4) is 0 Å². The van der Waals surface area contributed by atoms with E-state index >= 15 is 0 Å². The van der Waals surface area contributed by atoms with E-state index in [0.717, 1.165) is 25.7 Å². The number of carbonyl (C=O) groups excluding carboxylic acids is 1. The van der Waals surface area contributed by atoms with Crippen LogP contribution in [0.2, 0.25) is 0 Å². The van der Waals surface area contributed by atoms with Crippen molar-refractivity contribution in [2.24, 2.45) is 5.92 Å². The van der Waals surface area contributed by atoms with Crippen LogP contribution >= 0.6 is 0 Å². The second kappa shape index (κ2) is 10.5. The smallest absolute Gasteiger partial charge is 0.415 e. The number of cyclic esters (lactones) is 1.